The van der Waals surface area contributed by atoms with E-state index in [2.05, 4.69) is 103 Å². The number of hydrogen-bond acceptors (Lipinski definition) is 3. The van der Waals surface area contributed by atoms with Crippen LogP contribution in [0.15, 0.2) is 60.7 Å². The molecule has 3 unspecified atom stereocenters. The zero-order valence-electron chi connectivity index (χ0n) is 13.7. The molecule has 0 bridgehead atoms. The fraction of sp³-hybridized carbons (Fsp3) is 0.333. The first-order valence-corrected chi connectivity index (χ1v) is 9.33. The molecule has 3 atom stereocenters. The smallest absolute Gasteiger partial charge is 0.0750 e. The highest BCUT2D eigenvalue weighted by atomic mass is 31.1. The summed E-state index contributed by atoms with van der Waals surface area (Å²) in [4.78, 5) is 0. The lowest BCUT2D eigenvalue weighted by Crippen LogP contribution is -2.33. The maximum absolute atomic E-state index is 2.53. The molecule has 1 saturated heterocycles. The van der Waals surface area contributed by atoms with Crippen molar-refractivity contribution in [2.45, 2.75) is 12.1 Å². The fourth-order valence-corrected chi connectivity index (χ4v) is 5.40. The van der Waals surface area contributed by atoms with Gasteiger partial charge in [-0.3, -0.25) is 4.67 Å². The quantitative estimate of drug-likeness (QED) is 0.789. The van der Waals surface area contributed by atoms with Crippen LogP contribution in [0.4, 0.5) is 0 Å². The lowest BCUT2D eigenvalue weighted by atomic mass is 9.94. The van der Waals surface area contributed by atoms with E-state index < -0.39 is 0 Å². The maximum atomic E-state index is 2.53. The van der Waals surface area contributed by atoms with Crippen molar-refractivity contribution in [1.82, 2.24) is 14.5 Å². The van der Waals surface area contributed by atoms with E-state index in [1.54, 1.807) is 0 Å². The van der Waals surface area contributed by atoms with Gasteiger partial charge in [0.25, 0.3) is 0 Å². The molecule has 0 N–H and O–H groups in total. The van der Waals surface area contributed by atoms with E-state index in [0.29, 0.717) is 12.1 Å². The van der Waals surface area contributed by atoms with Crippen molar-refractivity contribution >= 4 is 8.22 Å². The summed E-state index contributed by atoms with van der Waals surface area (Å²) in [6, 6.07) is 22.5. The van der Waals surface area contributed by atoms with Crippen LogP contribution in [-0.4, -0.2) is 42.3 Å². The Kier molecular flexibility index (Phi) is 4.60. The van der Waals surface area contributed by atoms with Crippen LogP contribution >= 0.6 is 8.22 Å². The van der Waals surface area contributed by atoms with E-state index in [1.807, 2.05) is 0 Å². The number of rotatable bonds is 3. The normalized spacial score (nSPS) is 26.7. The highest BCUT2D eigenvalue weighted by molar-refractivity contribution is 7.52. The minimum Gasteiger partial charge on any atom is -0.263 e. The van der Waals surface area contributed by atoms with E-state index >= 15 is 0 Å². The SMILES string of the molecule is CN(C)N1C(c2ccccc2)C(c2ccccc2)N(C)P1C. The molecule has 0 amide bonds. The molecule has 0 aromatic heterocycles. The third kappa shape index (κ3) is 2.70. The summed E-state index contributed by atoms with van der Waals surface area (Å²) in [7, 11) is 6.19. The molecule has 3 rings (SSSR count). The largest absolute Gasteiger partial charge is 0.263 e. The highest BCUT2D eigenvalue weighted by Crippen LogP contribution is 2.61. The van der Waals surface area contributed by atoms with E-state index in [-0.39, 0.29) is 8.22 Å². The highest BCUT2D eigenvalue weighted by Gasteiger charge is 2.45. The Morgan fingerprint density at radius 1 is 0.818 bits per heavy atom. The van der Waals surface area contributed by atoms with Crippen molar-refractivity contribution in [1.29, 1.82) is 0 Å². The number of nitrogens with zero attached hydrogens (tertiary/aromatic N) is 3. The van der Waals surface area contributed by atoms with Crippen LogP contribution in [0.5, 0.6) is 0 Å². The molecule has 3 nitrogen and oxygen atoms in total. The molecule has 0 aliphatic carbocycles. The second-order valence-corrected chi connectivity index (χ2v) is 7.96. The van der Waals surface area contributed by atoms with Gasteiger partial charge in [-0.15, -0.1) is 0 Å². The summed E-state index contributed by atoms with van der Waals surface area (Å²) in [5.74, 6) is 0. The number of hydrogen-bond donors (Lipinski definition) is 0. The van der Waals surface area contributed by atoms with Gasteiger partial charge in [0.05, 0.1) is 20.3 Å². The predicted molar refractivity (Wildman–Crippen MR) is 94.5 cm³/mol. The third-order valence-electron chi connectivity index (χ3n) is 4.40. The van der Waals surface area contributed by atoms with Gasteiger partial charge in [0.2, 0.25) is 0 Å². The van der Waals surface area contributed by atoms with Gasteiger partial charge in [0, 0.05) is 14.1 Å². The van der Waals surface area contributed by atoms with Gasteiger partial charge in [0.15, 0.2) is 0 Å². The van der Waals surface area contributed by atoms with Crippen molar-refractivity contribution in [3.05, 3.63) is 71.8 Å². The summed E-state index contributed by atoms with van der Waals surface area (Å²) in [6.07, 6.45) is 0. The van der Waals surface area contributed by atoms with E-state index in [4.69, 9.17) is 0 Å². The van der Waals surface area contributed by atoms with Gasteiger partial charge in [0.1, 0.15) is 0 Å². The summed E-state index contributed by atoms with van der Waals surface area (Å²) in [5.41, 5.74) is 2.77. The van der Waals surface area contributed by atoms with Crippen LogP contribution in [0.3, 0.4) is 0 Å². The van der Waals surface area contributed by atoms with Crippen LogP contribution in [0.2, 0.25) is 0 Å². The molecule has 0 spiro atoms. The lowest BCUT2D eigenvalue weighted by Gasteiger charge is -2.34. The molecule has 1 aliphatic rings. The van der Waals surface area contributed by atoms with Crippen molar-refractivity contribution in [2.24, 2.45) is 0 Å². The Morgan fingerprint density at radius 3 is 1.73 bits per heavy atom. The maximum Gasteiger partial charge on any atom is 0.0750 e. The van der Waals surface area contributed by atoms with Gasteiger partial charge in [-0.25, -0.2) is 5.01 Å². The topological polar surface area (TPSA) is 9.72 Å². The minimum absolute atomic E-state index is 0.347. The Balaban J connectivity index is 2.09. The predicted octanol–water partition coefficient (Wildman–Crippen LogP) is 4.13. The average molecular weight is 313 g/mol. The van der Waals surface area contributed by atoms with Crippen LogP contribution in [-0.2, 0) is 0 Å². The standard InChI is InChI=1S/C18H24N3P/c1-19(2)21-18(16-13-9-6-10-14-16)17(20(3)22(21)4)15-11-7-5-8-12-15/h5-14,17-18H,1-4H3. The molecule has 0 radical (unpaired) electrons. The Hall–Kier alpha value is -1.25. The second-order valence-electron chi connectivity index (χ2n) is 5.94. The molecule has 4 heteroatoms. The molecule has 2 aromatic carbocycles. The first-order chi connectivity index (χ1) is 10.6. The van der Waals surface area contributed by atoms with Crippen LogP contribution in [0, 0.1) is 0 Å². The molecular weight excluding hydrogens is 289 g/mol. The number of hydrazine groups is 1. The first kappa shape index (κ1) is 15.6. The molecule has 116 valence electrons. The first-order valence-electron chi connectivity index (χ1n) is 7.64. The van der Waals surface area contributed by atoms with Gasteiger partial charge in [-0.1, -0.05) is 60.7 Å². The summed E-state index contributed by atoms with van der Waals surface area (Å²) >= 11 is 0. The Morgan fingerprint density at radius 2 is 1.27 bits per heavy atom. The molecular formula is C18H24N3P. The van der Waals surface area contributed by atoms with E-state index in [1.165, 1.54) is 11.1 Å². The summed E-state index contributed by atoms with van der Waals surface area (Å²) < 4.78 is 5.06. The zero-order chi connectivity index (χ0) is 15.7. The van der Waals surface area contributed by atoms with Gasteiger partial charge >= 0.3 is 0 Å². The summed E-state index contributed by atoms with van der Waals surface area (Å²) in [5, 5.41) is 2.25. The van der Waals surface area contributed by atoms with Crippen molar-refractivity contribution in [2.75, 3.05) is 27.8 Å². The van der Waals surface area contributed by atoms with Gasteiger partial charge in [-0.2, -0.15) is 4.78 Å². The second kappa shape index (κ2) is 6.47. The Bertz CT molecular complexity index is 602. The lowest BCUT2D eigenvalue weighted by molar-refractivity contribution is 0.0839. The van der Waals surface area contributed by atoms with Crippen LogP contribution in [0.25, 0.3) is 0 Å². The number of likely N-dealkylation sites (N-methyl/N-ethyl adjacent to an activating group) is 1. The van der Waals surface area contributed by atoms with Gasteiger partial charge in [-0.05, 0) is 24.8 Å². The molecule has 1 fully saturated rings. The molecule has 22 heavy (non-hydrogen) atoms. The van der Waals surface area contributed by atoms with Crippen LogP contribution in [0.1, 0.15) is 23.2 Å². The van der Waals surface area contributed by atoms with Crippen molar-refractivity contribution < 1.29 is 0 Å². The average Bonchev–Trinajstić information content (AvgIpc) is 2.81. The van der Waals surface area contributed by atoms with E-state index in [9.17, 15) is 0 Å². The summed E-state index contributed by atoms with van der Waals surface area (Å²) in [6.45, 7) is 2.34. The zero-order valence-corrected chi connectivity index (χ0v) is 14.6. The van der Waals surface area contributed by atoms with Crippen molar-refractivity contribution in [3.63, 3.8) is 0 Å². The van der Waals surface area contributed by atoms with Crippen LogP contribution < -0.4 is 0 Å². The Labute approximate surface area is 135 Å². The van der Waals surface area contributed by atoms with Gasteiger partial charge < -0.3 is 0 Å². The number of benzene rings is 2. The third-order valence-corrected chi connectivity index (χ3v) is 6.76. The van der Waals surface area contributed by atoms with Crippen molar-refractivity contribution in [3.8, 4) is 0 Å². The monoisotopic (exact) mass is 313 g/mol. The molecule has 1 aliphatic heterocycles. The van der Waals surface area contributed by atoms with E-state index in [0.717, 1.165) is 0 Å². The minimum atomic E-state index is -0.362. The fourth-order valence-electron chi connectivity index (χ4n) is 3.36. The molecule has 1 heterocycles. The molecule has 0 saturated carbocycles. The molecule has 2 aromatic rings.